The molecule has 1 atom stereocenters. The molecule has 0 saturated heterocycles. The van der Waals surface area contributed by atoms with Crippen molar-refractivity contribution >= 4 is 11.3 Å². The van der Waals surface area contributed by atoms with E-state index in [-0.39, 0.29) is 6.04 Å². The van der Waals surface area contributed by atoms with Gasteiger partial charge in [0.1, 0.15) is 5.76 Å². The van der Waals surface area contributed by atoms with Crippen molar-refractivity contribution in [3.63, 3.8) is 0 Å². The van der Waals surface area contributed by atoms with Crippen LogP contribution in [-0.2, 0) is 13.0 Å². The smallest absolute Gasteiger partial charge is 0.105 e. The first-order valence-electron chi connectivity index (χ1n) is 6.67. The fraction of sp³-hybridized carbons (Fsp3) is 0.467. The lowest BCUT2D eigenvalue weighted by atomic mass is 10.1. The van der Waals surface area contributed by atoms with Gasteiger partial charge >= 0.3 is 0 Å². The molecule has 0 bridgehead atoms. The van der Waals surface area contributed by atoms with E-state index in [4.69, 9.17) is 10.2 Å². The average molecular weight is 278 g/mol. The molecule has 2 aromatic heterocycles. The highest BCUT2D eigenvalue weighted by Crippen LogP contribution is 2.28. The molecule has 104 valence electrons. The van der Waals surface area contributed by atoms with E-state index in [1.807, 2.05) is 24.3 Å². The summed E-state index contributed by atoms with van der Waals surface area (Å²) >= 11 is 1.87. The van der Waals surface area contributed by atoms with Gasteiger partial charge in [-0.05, 0) is 38.6 Å². The van der Waals surface area contributed by atoms with E-state index < -0.39 is 0 Å². The van der Waals surface area contributed by atoms with Gasteiger partial charge in [-0.3, -0.25) is 4.90 Å². The van der Waals surface area contributed by atoms with Crippen LogP contribution < -0.4 is 5.73 Å². The molecule has 2 N–H and O–H groups in total. The number of rotatable bonds is 6. The Kier molecular flexibility index (Phi) is 4.80. The minimum absolute atomic E-state index is 0.277. The largest absolute Gasteiger partial charge is 0.469 e. The van der Waals surface area contributed by atoms with E-state index >= 15 is 0 Å². The van der Waals surface area contributed by atoms with Gasteiger partial charge in [0.2, 0.25) is 0 Å². The maximum absolute atomic E-state index is 5.96. The first kappa shape index (κ1) is 14.3. The summed E-state index contributed by atoms with van der Waals surface area (Å²) in [6, 6.07) is 6.73. The molecule has 3 nitrogen and oxygen atoms in total. The van der Waals surface area contributed by atoms with Gasteiger partial charge in [-0.1, -0.05) is 6.92 Å². The van der Waals surface area contributed by atoms with E-state index in [9.17, 15) is 0 Å². The van der Waals surface area contributed by atoms with Crippen LogP contribution in [0, 0.1) is 6.92 Å². The van der Waals surface area contributed by atoms with Crippen molar-refractivity contribution in [2.45, 2.75) is 32.9 Å². The number of nitrogens with two attached hydrogens (primary N) is 1. The van der Waals surface area contributed by atoms with E-state index in [1.165, 1.54) is 15.3 Å². The summed E-state index contributed by atoms with van der Waals surface area (Å²) in [6.45, 7) is 5.69. The van der Waals surface area contributed by atoms with Crippen LogP contribution in [0.2, 0.25) is 0 Å². The number of thiophene rings is 1. The zero-order valence-corrected chi connectivity index (χ0v) is 12.7. The number of furan rings is 1. The molecule has 0 saturated carbocycles. The van der Waals surface area contributed by atoms with Crippen LogP contribution in [0.25, 0.3) is 0 Å². The summed E-state index contributed by atoms with van der Waals surface area (Å²) in [6.07, 6.45) is 2.84. The molecule has 0 spiro atoms. The molecule has 0 aromatic carbocycles. The first-order valence-corrected chi connectivity index (χ1v) is 7.49. The summed E-state index contributed by atoms with van der Waals surface area (Å²) < 4.78 is 5.35. The average Bonchev–Trinajstić information content (AvgIpc) is 3.01. The lowest BCUT2D eigenvalue weighted by Gasteiger charge is -2.25. The van der Waals surface area contributed by atoms with Crippen molar-refractivity contribution in [2.75, 3.05) is 13.6 Å². The molecule has 0 aliphatic rings. The third-order valence-corrected chi connectivity index (χ3v) is 4.83. The third kappa shape index (κ3) is 3.26. The lowest BCUT2D eigenvalue weighted by molar-refractivity contribution is 0.243. The number of nitrogens with zero attached hydrogens (tertiary/aromatic N) is 1. The molecular weight excluding hydrogens is 256 g/mol. The first-order chi connectivity index (χ1) is 9.15. The Morgan fingerprint density at radius 2 is 2.16 bits per heavy atom. The van der Waals surface area contributed by atoms with Crippen molar-refractivity contribution in [1.82, 2.24) is 4.90 Å². The molecule has 0 aliphatic heterocycles. The Labute approximate surface area is 119 Å². The SMILES string of the molecule is CCc1ccc(C(CN)N(C)Cc2ccoc2C)s1. The second-order valence-corrected chi connectivity index (χ2v) is 6.03. The van der Waals surface area contributed by atoms with Gasteiger partial charge in [0.25, 0.3) is 0 Å². The predicted molar refractivity (Wildman–Crippen MR) is 80.4 cm³/mol. The highest BCUT2D eigenvalue weighted by molar-refractivity contribution is 7.12. The quantitative estimate of drug-likeness (QED) is 0.881. The number of hydrogen-bond donors (Lipinski definition) is 1. The maximum atomic E-state index is 5.96. The predicted octanol–water partition coefficient (Wildman–Crippen LogP) is 3.34. The monoisotopic (exact) mass is 278 g/mol. The molecule has 0 fully saturated rings. The van der Waals surface area contributed by atoms with Gasteiger partial charge in [-0.2, -0.15) is 0 Å². The summed E-state index contributed by atoms with van der Waals surface area (Å²) in [5.41, 5.74) is 7.19. The van der Waals surface area contributed by atoms with Crippen molar-refractivity contribution in [3.8, 4) is 0 Å². The Hall–Kier alpha value is -1.10. The molecule has 0 amide bonds. The Morgan fingerprint density at radius 3 is 2.68 bits per heavy atom. The second-order valence-electron chi connectivity index (χ2n) is 4.83. The number of aryl methyl sites for hydroxylation is 2. The number of hydrogen-bond acceptors (Lipinski definition) is 4. The van der Waals surface area contributed by atoms with Crippen LogP contribution in [0.15, 0.2) is 28.9 Å². The van der Waals surface area contributed by atoms with Gasteiger partial charge < -0.3 is 10.2 Å². The van der Waals surface area contributed by atoms with Crippen LogP contribution in [0.1, 0.15) is 34.0 Å². The maximum Gasteiger partial charge on any atom is 0.105 e. The van der Waals surface area contributed by atoms with Crippen LogP contribution in [0.3, 0.4) is 0 Å². The van der Waals surface area contributed by atoms with Crippen LogP contribution in [0.5, 0.6) is 0 Å². The Morgan fingerprint density at radius 1 is 1.37 bits per heavy atom. The molecular formula is C15H22N2OS. The van der Waals surface area contributed by atoms with Crippen molar-refractivity contribution in [2.24, 2.45) is 5.73 Å². The highest BCUT2D eigenvalue weighted by Gasteiger charge is 2.18. The van der Waals surface area contributed by atoms with Crippen molar-refractivity contribution in [1.29, 1.82) is 0 Å². The molecule has 2 rings (SSSR count). The Balaban J connectivity index is 2.10. The Bertz CT molecular complexity index is 518. The van der Waals surface area contributed by atoms with E-state index in [0.717, 1.165) is 18.7 Å². The van der Waals surface area contributed by atoms with E-state index in [0.29, 0.717) is 6.54 Å². The fourth-order valence-corrected chi connectivity index (χ4v) is 3.36. The molecule has 0 radical (unpaired) electrons. The zero-order valence-electron chi connectivity index (χ0n) is 11.8. The third-order valence-electron chi connectivity index (χ3n) is 3.50. The second kappa shape index (κ2) is 6.37. The molecule has 2 aromatic rings. The van der Waals surface area contributed by atoms with Crippen LogP contribution >= 0.6 is 11.3 Å². The van der Waals surface area contributed by atoms with Gasteiger partial charge in [-0.25, -0.2) is 0 Å². The van der Waals surface area contributed by atoms with Gasteiger partial charge in [0.15, 0.2) is 0 Å². The topological polar surface area (TPSA) is 42.4 Å². The zero-order chi connectivity index (χ0) is 13.8. The minimum atomic E-state index is 0.277. The lowest BCUT2D eigenvalue weighted by Crippen LogP contribution is -2.29. The van der Waals surface area contributed by atoms with E-state index in [1.54, 1.807) is 6.26 Å². The van der Waals surface area contributed by atoms with Crippen LogP contribution in [-0.4, -0.2) is 18.5 Å². The molecule has 4 heteroatoms. The van der Waals surface area contributed by atoms with Gasteiger partial charge in [0, 0.05) is 28.4 Å². The van der Waals surface area contributed by atoms with Crippen molar-refractivity contribution in [3.05, 3.63) is 45.5 Å². The summed E-state index contributed by atoms with van der Waals surface area (Å²) in [4.78, 5) is 5.06. The van der Waals surface area contributed by atoms with Gasteiger partial charge in [0.05, 0.1) is 12.3 Å². The van der Waals surface area contributed by atoms with Crippen LogP contribution in [0.4, 0.5) is 0 Å². The van der Waals surface area contributed by atoms with E-state index in [2.05, 4.69) is 31.0 Å². The molecule has 1 unspecified atom stereocenters. The summed E-state index contributed by atoms with van der Waals surface area (Å²) in [7, 11) is 2.12. The molecule has 2 heterocycles. The minimum Gasteiger partial charge on any atom is -0.469 e. The molecule has 19 heavy (non-hydrogen) atoms. The fourth-order valence-electron chi connectivity index (χ4n) is 2.23. The standard InChI is InChI=1S/C15H22N2OS/c1-4-13-5-6-15(19-13)14(9-16)17(3)10-12-7-8-18-11(12)2/h5-8,14H,4,9-10,16H2,1-3H3. The normalized spacial score (nSPS) is 13.1. The highest BCUT2D eigenvalue weighted by atomic mass is 32.1. The summed E-state index contributed by atoms with van der Waals surface area (Å²) in [5, 5.41) is 0. The van der Waals surface area contributed by atoms with Crippen molar-refractivity contribution < 1.29 is 4.42 Å². The van der Waals surface area contributed by atoms with Gasteiger partial charge in [-0.15, -0.1) is 11.3 Å². The summed E-state index contributed by atoms with van der Waals surface area (Å²) in [5.74, 6) is 0.989. The molecule has 0 aliphatic carbocycles. The number of likely N-dealkylation sites (N-methyl/N-ethyl adjacent to an activating group) is 1.